The Morgan fingerprint density at radius 2 is 1.75 bits per heavy atom. The molecule has 2 amide bonds. The van der Waals surface area contributed by atoms with Crippen LogP contribution in [0.1, 0.15) is 54.4 Å². The molecule has 1 aromatic heterocycles. The van der Waals surface area contributed by atoms with Crippen molar-refractivity contribution in [1.82, 2.24) is 25.1 Å². The van der Waals surface area contributed by atoms with Crippen molar-refractivity contribution in [3.63, 3.8) is 0 Å². The van der Waals surface area contributed by atoms with Crippen molar-refractivity contribution in [2.45, 2.75) is 56.8 Å². The van der Waals surface area contributed by atoms with Crippen molar-refractivity contribution >= 4 is 29.3 Å². The van der Waals surface area contributed by atoms with Crippen LogP contribution in [0.5, 0.6) is 0 Å². The van der Waals surface area contributed by atoms with Gasteiger partial charge in [0.15, 0.2) is 0 Å². The predicted octanol–water partition coefficient (Wildman–Crippen LogP) is 4.12. The number of nitrogens with one attached hydrogen (secondary N) is 3. The summed E-state index contributed by atoms with van der Waals surface area (Å²) >= 11 is 0. The van der Waals surface area contributed by atoms with E-state index < -0.39 is 11.7 Å². The van der Waals surface area contributed by atoms with Crippen LogP contribution in [-0.2, 0) is 11.0 Å². The molecule has 1 aliphatic heterocycles. The van der Waals surface area contributed by atoms with Crippen LogP contribution in [0.4, 0.5) is 30.6 Å². The lowest BCUT2D eigenvalue weighted by atomic mass is 9.74. The highest BCUT2D eigenvalue weighted by Crippen LogP contribution is 2.37. The van der Waals surface area contributed by atoms with Crippen molar-refractivity contribution in [2.24, 2.45) is 11.8 Å². The van der Waals surface area contributed by atoms with E-state index in [1.54, 1.807) is 29.2 Å². The van der Waals surface area contributed by atoms with Crippen molar-refractivity contribution < 1.29 is 22.8 Å². The summed E-state index contributed by atoms with van der Waals surface area (Å²) in [6, 6.07) is 7.24. The van der Waals surface area contributed by atoms with Crippen LogP contribution in [0.2, 0.25) is 0 Å². The molecule has 12 heteroatoms. The van der Waals surface area contributed by atoms with Gasteiger partial charge in [0.2, 0.25) is 11.9 Å². The van der Waals surface area contributed by atoms with Crippen LogP contribution in [0, 0.1) is 11.8 Å². The van der Waals surface area contributed by atoms with Gasteiger partial charge in [0.1, 0.15) is 11.4 Å². The fraction of sp³-hybridized carbons (Fsp3) is 0.571. The third kappa shape index (κ3) is 6.83. The number of carbonyl (C=O) groups excluding carboxylic acids is 2. The van der Waals surface area contributed by atoms with E-state index in [0.717, 1.165) is 45.0 Å². The topological polar surface area (TPSA) is 102 Å². The molecule has 1 aromatic carbocycles. The van der Waals surface area contributed by atoms with Crippen LogP contribution in [0.15, 0.2) is 30.5 Å². The molecule has 3 aliphatic rings. The number of alkyl halides is 3. The van der Waals surface area contributed by atoms with Gasteiger partial charge in [-0.2, -0.15) is 18.2 Å². The van der Waals surface area contributed by atoms with Crippen molar-refractivity contribution in [2.75, 3.05) is 44.4 Å². The number of rotatable bonds is 9. The first-order chi connectivity index (χ1) is 19.1. The molecule has 0 spiro atoms. The number of piperidine rings is 1. The number of hydrogen-bond acceptors (Lipinski definition) is 7. The number of aromatic nitrogens is 2. The summed E-state index contributed by atoms with van der Waals surface area (Å²) in [6.07, 6.45) is 1.32. The SMILES string of the molecule is CN1CCC(N(C)C(=O)c2ccc(Nc3ncc(C(F)(F)F)c(NCC4CC(C(=O)NC5CC5)C4)n3)cc2)CC1. The molecule has 40 heavy (non-hydrogen) atoms. The average molecular weight is 560 g/mol. The molecule has 3 N–H and O–H groups in total. The van der Waals surface area contributed by atoms with Gasteiger partial charge >= 0.3 is 6.18 Å². The molecule has 1 saturated heterocycles. The third-order valence-electron chi connectivity index (χ3n) is 8.13. The smallest absolute Gasteiger partial charge is 0.369 e. The van der Waals surface area contributed by atoms with Gasteiger partial charge in [-0.05, 0) is 88.8 Å². The maximum absolute atomic E-state index is 13.6. The van der Waals surface area contributed by atoms with Gasteiger partial charge in [0, 0.05) is 49.0 Å². The molecular formula is C28H36F3N7O2. The zero-order chi connectivity index (χ0) is 28.4. The zero-order valence-electron chi connectivity index (χ0n) is 22.8. The number of carbonyl (C=O) groups is 2. The standard InChI is InChI=1S/C28H36F3N7O2/c1-37-11-9-22(10-12-37)38(2)26(40)18-3-5-21(6-4-18)35-27-33-16-23(28(29,30)31)24(36-27)32-15-17-13-19(14-17)25(39)34-20-7-8-20/h3-6,16-17,19-20,22H,7-15H2,1-2H3,(H,34,39)(H2,32,33,35,36). The summed E-state index contributed by atoms with van der Waals surface area (Å²) in [6.45, 7) is 2.19. The van der Waals surface area contributed by atoms with Gasteiger partial charge in [-0.1, -0.05) is 0 Å². The highest BCUT2D eigenvalue weighted by molar-refractivity contribution is 5.94. The van der Waals surface area contributed by atoms with E-state index in [4.69, 9.17) is 0 Å². The molecule has 2 heterocycles. The van der Waals surface area contributed by atoms with E-state index in [2.05, 4.69) is 37.9 Å². The maximum atomic E-state index is 13.6. The first kappa shape index (κ1) is 28.1. The third-order valence-corrected chi connectivity index (χ3v) is 8.13. The summed E-state index contributed by atoms with van der Waals surface area (Å²) in [7, 11) is 3.89. The molecule has 9 nitrogen and oxygen atoms in total. The van der Waals surface area contributed by atoms with Crippen molar-refractivity contribution in [3.05, 3.63) is 41.6 Å². The molecule has 0 radical (unpaired) electrons. The fourth-order valence-electron chi connectivity index (χ4n) is 5.27. The van der Waals surface area contributed by atoms with Crippen LogP contribution in [0.3, 0.4) is 0 Å². The van der Waals surface area contributed by atoms with E-state index in [0.29, 0.717) is 30.1 Å². The number of anilines is 3. The van der Waals surface area contributed by atoms with E-state index in [9.17, 15) is 22.8 Å². The Morgan fingerprint density at radius 3 is 2.38 bits per heavy atom. The van der Waals surface area contributed by atoms with Gasteiger partial charge in [-0.15, -0.1) is 0 Å². The number of likely N-dealkylation sites (tertiary alicyclic amines) is 1. The minimum absolute atomic E-state index is 0.00770. The van der Waals surface area contributed by atoms with Crippen LogP contribution in [0.25, 0.3) is 0 Å². The Balaban J connectivity index is 1.18. The monoisotopic (exact) mass is 559 g/mol. The quantitative estimate of drug-likeness (QED) is 0.425. The lowest BCUT2D eigenvalue weighted by molar-refractivity contribution is -0.137. The minimum atomic E-state index is -4.62. The summed E-state index contributed by atoms with van der Waals surface area (Å²) in [5, 5.41) is 8.75. The molecule has 2 saturated carbocycles. The van der Waals surface area contributed by atoms with E-state index >= 15 is 0 Å². The molecular weight excluding hydrogens is 523 g/mol. The predicted molar refractivity (Wildman–Crippen MR) is 145 cm³/mol. The van der Waals surface area contributed by atoms with Gasteiger partial charge in [0.25, 0.3) is 5.91 Å². The normalized spacial score (nSPS) is 21.8. The van der Waals surface area contributed by atoms with Crippen molar-refractivity contribution in [3.8, 4) is 0 Å². The number of amides is 2. The largest absolute Gasteiger partial charge is 0.421 e. The van der Waals surface area contributed by atoms with E-state index in [1.807, 2.05) is 7.05 Å². The first-order valence-electron chi connectivity index (χ1n) is 13.9. The molecule has 3 fully saturated rings. The average Bonchev–Trinajstić information content (AvgIpc) is 3.71. The van der Waals surface area contributed by atoms with Gasteiger partial charge in [-0.25, -0.2) is 4.98 Å². The number of nitrogens with zero attached hydrogens (tertiary/aromatic N) is 4. The summed E-state index contributed by atoms with van der Waals surface area (Å²) in [5.74, 6) is -0.293. The summed E-state index contributed by atoms with van der Waals surface area (Å²) in [4.78, 5) is 37.1. The second-order valence-electron chi connectivity index (χ2n) is 11.3. The van der Waals surface area contributed by atoms with Gasteiger partial charge < -0.3 is 25.8 Å². The second-order valence-corrected chi connectivity index (χ2v) is 11.3. The van der Waals surface area contributed by atoms with Gasteiger partial charge in [-0.3, -0.25) is 9.59 Å². The van der Waals surface area contributed by atoms with Crippen LogP contribution < -0.4 is 16.0 Å². The minimum Gasteiger partial charge on any atom is -0.369 e. The first-order valence-corrected chi connectivity index (χ1v) is 13.9. The molecule has 0 unspecified atom stereocenters. The highest BCUT2D eigenvalue weighted by Gasteiger charge is 2.38. The molecule has 2 aromatic rings. The Kier molecular flexibility index (Phi) is 8.16. The molecule has 2 aliphatic carbocycles. The Morgan fingerprint density at radius 1 is 1.07 bits per heavy atom. The number of halogens is 3. The van der Waals surface area contributed by atoms with Crippen molar-refractivity contribution in [1.29, 1.82) is 0 Å². The van der Waals surface area contributed by atoms with Crippen LogP contribution in [-0.4, -0.2) is 77.4 Å². The Bertz CT molecular complexity index is 1210. The highest BCUT2D eigenvalue weighted by atomic mass is 19.4. The second kappa shape index (κ2) is 11.6. The van der Waals surface area contributed by atoms with Crippen LogP contribution >= 0.6 is 0 Å². The van der Waals surface area contributed by atoms with Gasteiger partial charge in [0.05, 0.1) is 0 Å². The van der Waals surface area contributed by atoms with E-state index in [1.165, 1.54) is 0 Å². The lowest BCUT2D eigenvalue weighted by Gasteiger charge is -2.35. The molecule has 0 bridgehead atoms. The number of hydrogen-bond donors (Lipinski definition) is 3. The zero-order valence-corrected chi connectivity index (χ0v) is 22.8. The molecule has 216 valence electrons. The maximum Gasteiger partial charge on any atom is 0.421 e. The fourth-order valence-corrected chi connectivity index (χ4v) is 5.27. The Labute approximate surface area is 231 Å². The number of benzene rings is 1. The Hall–Kier alpha value is -3.41. The molecule has 5 rings (SSSR count). The molecule has 0 atom stereocenters. The van der Waals surface area contributed by atoms with E-state index in [-0.39, 0.29) is 48.0 Å². The summed E-state index contributed by atoms with van der Waals surface area (Å²) < 4.78 is 40.9. The summed E-state index contributed by atoms with van der Waals surface area (Å²) in [5.41, 5.74) is 0.137. The lowest BCUT2D eigenvalue weighted by Crippen LogP contribution is -2.44.